The van der Waals surface area contributed by atoms with Crippen LogP contribution in [0.4, 0.5) is 0 Å². The van der Waals surface area contributed by atoms with Gasteiger partial charge in [-0.05, 0) is 18.6 Å². The second-order valence-electron chi connectivity index (χ2n) is 5.43. The standard InChI is InChI=1S/C18H22N4OS/c1-3-15-11-21-17(24-15)12-22-18(19-2)20-9-8-14-10-13-6-4-5-7-16(13)23-14/h4-7,10-11H,3,8-9,12H2,1-2H3,(H2,19,20,22). The van der Waals surface area contributed by atoms with Crippen molar-refractivity contribution < 1.29 is 4.42 Å². The van der Waals surface area contributed by atoms with E-state index in [2.05, 4.69) is 39.7 Å². The Bertz CT molecular complexity index is 788. The molecule has 0 amide bonds. The van der Waals surface area contributed by atoms with Gasteiger partial charge in [-0.2, -0.15) is 0 Å². The van der Waals surface area contributed by atoms with Crippen molar-refractivity contribution in [1.29, 1.82) is 0 Å². The van der Waals surface area contributed by atoms with Crippen LogP contribution >= 0.6 is 11.3 Å². The maximum atomic E-state index is 5.82. The number of hydrogen-bond acceptors (Lipinski definition) is 4. The van der Waals surface area contributed by atoms with Gasteiger partial charge in [0.1, 0.15) is 16.4 Å². The Kier molecular flexibility index (Phi) is 5.48. The summed E-state index contributed by atoms with van der Waals surface area (Å²) >= 11 is 1.74. The molecule has 0 spiro atoms. The van der Waals surface area contributed by atoms with E-state index in [-0.39, 0.29) is 0 Å². The smallest absolute Gasteiger partial charge is 0.191 e. The number of hydrogen-bond donors (Lipinski definition) is 2. The van der Waals surface area contributed by atoms with Crippen LogP contribution in [0.1, 0.15) is 22.6 Å². The third kappa shape index (κ3) is 4.14. The summed E-state index contributed by atoms with van der Waals surface area (Å²) in [6.07, 6.45) is 3.79. The quantitative estimate of drug-likeness (QED) is 0.533. The number of furan rings is 1. The summed E-state index contributed by atoms with van der Waals surface area (Å²) in [4.78, 5) is 9.95. The monoisotopic (exact) mass is 342 g/mol. The molecule has 2 aromatic heterocycles. The average Bonchev–Trinajstić information content (AvgIpc) is 3.23. The lowest BCUT2D eigenvalue weighted by molar-refractivity contribution is 0.544. The third-order valence-corrected chi connectivity index (χ3v) is 4.86. The Labute approximate surface area is 145 Å². The number of aryl methyl sites for hydroxylation is 1. The Morgan fingerprint density at radius 2 is 2.17 bits per heavy atom. The molecule has 0 radical (unpaired) electrons. The molecule has 0 atom stereocenters. The third-order valence-electron chi connectivity index (χ3n) is 3.72. The zero-order valence-corrected chi connectivity index (χ0v) is 14.8. The number of aliphatic imine (C=N–C) groups is 1. The summed E-state index contributed by atoms with van der Waals surface area (Å²) < 4.78 is 5.82. The summed E-state index contributed by atoms with van der Waals surface area (Å²) in [5.41, 5.74) is 0.936. The first-order valence-electron chi connectivity index (χ1n) is 8.14. The summed E-state index contributed by atoms with van der Waals surface area (Å²) in [6.45, 7) is 3.59. The van der Waals surface area contributed by atoms with Gasteiger partial charge in [0.25, 0.3) is 0 Å². The van der Waals surface area contributed by atoms with E-state index < -0.39 is 0 Å². The number of guanidine groups is 1. The molecule has 1 aromatic carbocycles. The van der Waals surface area contributed by atoms with Gasteiger partial charge in [0.15, 0.2) is 5.96 Å². The predicted octanol–water partition coefficient (Wildman–Crippen LogP) is 3.36. The highest BCUT2D eigenvalue weighted by Gasteiger charge is 2.05. The fourth-order valence-electron chi connectivity index (χ4n) is 2.44. The Morgan fingerprint density at radius 1 is 1.29 bits per heavy atom. The van der Waals surface area contributed by atoms with E-state index in [1.165, 1.54) is 4.88 Å². The van der Waals surface area contributed by atoms with E-state index in [9.17, 15) is 0 Å². The van der Waals surface area contributed by atoms with Crippen molar-refractivity contribution in [2.45, 2.75) is 26.3 Å². The number of nitrogens with one attached hydrogen (secondary N) is 2. The highest BCUT2D eigenvalue weighted by Crippen LogP contribution is 2.18. The van der Waals surface area contributed by atoms with E-state index in [4.69, 9.17) is 4.42 Å². The largest absolute Gasteiger partial charge is 0.461 e. The number of rotatable bonds is 6. The van der Waals surface area contributed by atoms with Gasteiger partial charge in [-0.25, -0.2) is 4.98 Å². The lowest BCUT2D eigenvalue weighted by atomic mass is 10.2. The molecule has 3 aromatic rings. The van der Waals surface area contributed by atoms with Crippen LogP contribution in [0.5, 0.6) is 0 Å². The van der Waals surface area contributed by atoms with Crippen molar-refractivity contribution >= 4 is 28.3 Å². The van der Waals surface area contributed by atoms with Crippen LogP contribution < -0.4 is 10.6 Å². The van der Waals surface area contributed by atoms with Gasteiger partial charge >= 0.3 is 0 Å². The number of para-hydroxylation sites is 1. The minimum atomic E-state index is 0.689. The van der Waals surface area contributed by atoms with Gasteiger partial charge in [-0.1, -0.05) is 25.1 Å². The Hall–Kier alpha value is -2.34. The van der Waals surface area contributed by atoms with Crippen molar-refractivity contribution in [3.8, 4) is 0 Å². The molecule has 2 N–H and O–H groups in total. The Morgan fingerprint density at radius 3 is 2.92 bits per heavy atom. The summed E-state index contributed by atoms with van der Waals surface area (Å²) in [7, 11) is 1.77. The first-order valence-corrected chi connectivity index (χ1v) is 8.95. The zero-order valence-electron chi connectivity index (χ0n) is 14.0. The number of thiazole rings is 1. The molecule has 6 heteroatoms. The lowest BCUT2D eigenvalue weighted by Gasteiger charge is -2.10. The molecule has 0 fully saturated rings. The number of nitrogens with zero attached hydrogens (tertiary/aromatic N) is 2. The molecule has 5 nitrogen and oxygen atoms in total. The molecule has 126 valence electrons. The molecular formula is C18H22N4OS. The highest BCUT2D eigenvalue weighted by molar-refractivity contribution is 7.11. The number of fused-ring (bicyclic) bond motifs is 1. The maximum absolute atomic E-state index is 5.82. The van der Waals surface area contributed by atoms with Crippen LogP contribution in [0.15, 0.2) is 45.9 Å². The summed E-state index contributed by atoms with van der Waals surface area (Å²) in [5, 5.41) is 8.82. The first kappa shape index (κ1) is 16.5. The molecule has 3 rings (SSSR count). The first-order chi connectivity index (χ1) is 11.8. The SMILES string of the molecule is CCc1cnc(CNC(=NC)NCCc2cc3ccccc3o2)s1. The molecule has 0 aliphatic carbocycles. The van der Waals surface area contributed by atoms with E-state index in [1.54, 1.807) is 18.4 Å². The van der Waals surface area contributed by atoms with Crippen molar-refractivity contribution in [2.24, 2.45) is 4.99 Å². The molecule has 24 heavy (non-hydrogen) atoms. The van der Waals surface area contributed by atoms with Gasteiger partial charge in [-0.15, -0.1) is 11.3 Å². The fourth-order valence-corrected chi connectivity index (χ4v) is 3.24. The average molecular weight is 342 g/mol. The van der Waals surface area contributed by atoms with Crippen LogP contribution in [0.3, 0.4) is 0 Å². The lowest BCUT2D eigenvalue weighted by Crippen LogP contribution is -2.37. The van der Waals surface area contributed by atoms with Gasteiger partial charge in [-0.3, -0.25) is 4.99 Å². The number of benzene rings is 1. The minimum absolute atomic E-state index is 0.689. The fraction of sp³-hybridized carbons (Fsp3) is 0.333. The Balaban J connectivity index is 1.47. The molecule has 0 aliphatic rings. The van der Waals surface area contributed by atoms with E-state index in [0.717, 1.165) is 47.1 Å². The van der Waals surface area contributed by atoms with Gasteiger partial charge in [0, 0.05) is 36.5 Å². The maximum Gasteiger partial charge on any atom is 0.191 e. The molecule has 0 saturated heterocycles. The normalized spacial score (nSPS) is 11.8. The minimum Gasteiger partial charge on any atom is -0.461 e. The van der Waals surface area contributed by atoms with Crippen molar-refractivity contribution in [3.63, 3.8) is 0 Å². The van der Waals surface area contributed by atoms with Crippen LogP contribution in [-0.4, -0.2) is 24.5 Å². The predicted molar refractivity (Wildman–Crippen MR) is 99.6 cm³/mol. The van der Waals surface area contributed by atoms with E-state index in [1.807, 2.05) is 24.4 Å². The van der Waals surface area contributed by atoms with Crippen molar-refractivity contribution in [1.82, 2.24) is 15.6 Å². The van der Waals surface area contributed by atoms with Crippen LogP contribution in [0.2, 0.25) is 0 Å². The van der Waals surface area contributed by atoms with Crippen molar-refractivity contribution in [2.75, 3.05) is 13.6 Å². The van der Waals surface area contributed by atoms with Crippen LogP contribution in [-0.2, 0) is 19.4 Å². The molecule has 0 aliphatic heterocycles. The molecular weight excluding hydrogens is 320 g/mol. The topological polar surface area (TPSA) is 62.5 Å². The van der Waals surface area contributed by atoms with E-state index >= 15 is 0 Å². The molecule has 0 unspecified atom stereocenters. The second-order valence-corrected chi connectivity index (χ2v) is 6.63. The van der Waals surface area contributed by atoms with Gasteiger partial charge < -0.3 is 15.1 Å². The van der Waals surface area contributed by atoms with Gasteiger partial charge in [0.05, 0.1) is 6.54 Å². The molecule has 0 saturated carbocycles. The van der Waals surface area contributed by atoms with E-state index in [0.29, 0.717) is 6.54 Å². The molecule has 2 heterocycles. The second kappa shape index (κ2) is 7.97. The van der Waals surface area contributed by atoms with Gasteiger partial charge in [0.2, 0.25) is 0 Å². The number of aromatic nitrogens is 1. The van der Waals surface area contributed by atoms with Crippen molar-refractivity contribution in [3.05, 3.63) is 52.2 Å². The highest BCUT2D eigenvalue weighted by atomic mass is 32.1. The summed E-state index contributed by atoms with van der Waals surface area (Å²) in [5.74, 6) is 1.76. The molecule has 0 bridgehead atoms. The zero-order chi connectivity index (χ0) is 16.8. The van der Waals surface area contributed by atoms with Crippen LogP contribution in [0, 0.1) is 0 Å². The summed E-state index contributed by atoms with van der Waals surface area (Å²) in [6, 6.07) is 10.2. The van der Waals surface area contributed by atoms with Crippen LogP contribution in [0.25, 0.3) is 11.0 Å².